The fraction of sp³-hybridized carbons (Fsp3) is 0.625. The zero-order valence-electron chi connectivity index (χ0n) is 12.8. The second-order valence-electron chi connectivity index (χ2n) is 5.22. The molecule has 0 amide bonds. The summed E-state index contributed by atoms with van der Waals surface area (Å²) in [6.45, 7) is 6.11. The molecule has 1 aromatic carbocycles. The molecule has 0 saturated carbocycles. The van der Waals surface area contributed by atoms with Crippen LogP contribution in [0.25, 0.3) is 0 Å². The predicted octanol–water partition coefficient (Wildman–Crippen LogP) is 3.62. The van der Waals surface area contributed by atoms with Crippen LogP contribution in [0.5, 0.6) is 5.75 Å². The Morgan fingerprint density at radius 2 is 2.05 bits per heavy atom. The van der Waals surface area contributed by atoms with Crippen molar-refractivity contribution in [3.05, 3.63) is 24.3 Å². The second-order valence-corrected chi connectivity index (χ2v) is 5.22. The average Bonchev–Trinajstić information content (AvgIpc) is 2.38. The lowest BCUT2D eigenvalue weighted by molar-refractivity contribution is 0.261. The molecule has 1 aromatic rings. The fourth-order valence-corrected chi connectivity index (χ4v) is 1.98. The van der Waals surface area contributed by atoms with E-state index in [4.69, 9.17) is 4.74 Å². The van der Waals surface area contributed by atoms with Crippen LogP contribution in [0.1, 0.15) is 33.1 Å². The summed E-state index contributed by atoms with van der Waals surface area (Å²) in [5.41, 5.74) is 1.16. The maximum Gasteiger partial charge on any atom is 0.121 e. The Bertz CT molecular complexity index is 352. The Morgan fingerprint density at radius 1 is 1.26 bits per heavy atom. The van der Waals surface area contributed by atoms with E-state index in [9.17, 15) is 0 Å². The Labute approximate surface area is 118 Å². The summed E-state index contributed by atoms with van der Waals surface area (Å²) in [4.78, 5) is 2.12. The average molecular weight is 264 g/mol. The minimum absolute atomic E-state index is 0.557. The lowest BCUT2D eigenvalue weighted by atomic mass is 10.1. The van der Waals surface area contributed by atoms with Crippen LogP contribution in [0.4, 0.5) is 5.69 Å². The van der Waals surface area contributed by atoms with Crippen molar-refractivity contribution in [1.29, 1.82) is 0 Å². The van der Waals surface area contributed by atoms with Gasteiger partial charge in [0.05, 0.1) is 0 Å². The molecule has 0 saturated heterocycles. The molecule has 0 aliphatic carbocycles. The fourth-order valence-electron chi connectivity index (χ4n) is 1.98. The quantitative estimate of drug-likeness (QED) is 0.737. The molecule has 1 N–H and O–H groups in total. The van der Waals surface area contributed by atoms with Crippen molar-refractivity contribution in [3.63, 3.8) is 0 Å². The first-order valence-corrected chi connectivity index (χ1v) is 7.29. The predicted molar refractivity (Wildman–Crippen MR) is 83.1 cm³/mol. The molecule has 1 atom stereocenters. The molecule has 108 valence electrons. The van der Waals surface area contributed by atoms with Gasteiger partial charge in [-0.1, -0.05) is 26.3 Å². The number of nitrogens with zero attached hydrogens (tertiary/aromatic N) is 1. The maximum atomic E-state index is 5.75. The van der Waals surface area contributed by atoms with Gasteiger partial charge in [0.1, 0.15) is 12.4 Å². The zero-order chi connectivity index (χ0) is 14.1. The normalized spacial score (nSPS) is 12.5. The molecule has 0 aromatic heterocycles. The lowest BCUT2D eigenvalue weighted by Crippen LogP contribution is -2.20. The van der Waals surface area contributed by atoms with E-state index in [0.717, 1.165) is 31.0 Å². The molecular formula is C16H28N2O. The van der Waals surface area contributed by atoms with Gasteiger partial charge in [-0.15, -0.1) is 0 Å². The van der Waals surface area contributed by atoms with Gasteiger partial charge in [0.25, 0.3) is 0 Å². The highest BCUT2D eigenvalue weighted by Gasteiger charge is 2.05. The van der Waals surface area contributed by atoms with Crippen LogP contribution in [0.15, 0.2) is 24.3 Å². The number of rotatable bonds is 9. The molecule has 0 aliphatic rings. The molecule has 0 bridgehead atoms. The molecule has 1 rings (SSSR count). The van der Waals surface area contributed by atoms with Gasteiger partial charge in [-0.05, 0) is 39.1 Å². The Hall–Kier alpha value is -1.22. The minimum atomic E-state index is 0.557. The molecule has 0 aliphatic heterocycles. The van der Waals surface area contributed by atoms with Crippen molar-refractivity contribution in [2.45, 2.75) is 39.2 Å². The third-order valence-corrected chi connectivity index (χ3v) is 3.14. The van der Waals surface area contributed by atoms with Gasteiger partial charge in [-0.3, -0.25) is 0 Å². The molecule has 0 heterocycles. The van der Waals surface area contributed by atoms with E-state index in [-0.39, 0.29) is 0 Å². The molecular weight excluding hydrogens is 236 g/mol. The first kappa shape index (κ1) is 15.8. The third-order valence-electron chi connectivity index (χ3n) is 3.14. The van der Waals surface area contributed by atoms with Crippen molar-refractivity contribution < 1.29 is 4.74 Å². The number of nitrogens with one attached hydrogen (secondary N) is 1. The monoisotopic (exact) mass is 264 g/mol. The first-order chi connectivity index (χ1) is 9.15. The molecule has 0 spiro atoms. The summed E-state index contributed by atoms with van der Waals surface area (Å²) in [7, 11) is 4.11. The topological polar surface area (TPSA) is 24.5 Å². The SMILES string of the molecule is CCCC(CC)Nc1cccc(OCCN(C)C)c1. The number of likely N-dealkylation sites (N-methyl/N-ethyl adjacent to an activating group) is 1. The molecule has 1 unspecified atom stereocenters. The van der Waals surface area contributed by atoms with Gasteiger partial charge >= 0.3 is 0 Å². The van der Waals surface area contributed by atoms with Gasteiger partial charge in [0.15, 0.2) is 0 Å². The van der Waals surface area contributed by atoms with E-state index < -0.39 is 0 Å². The van der Waals surface area contributed by atoms with Crippen molar-refractivity contribution >= 4 is 5.69 Å². The van der Waals surface area contributed by atoms with E-state index in [1.54, 1.807) is 0 Å². The van der Waals surface area contributed by atoms with E-state index in [2.05, 4.69) is 50.3 Å². The summed E-state index contributed by atoms with van der Waals surface area (Å²) in [5, 5.41) is 3.58. The second kappa shape index (κ2) is 8.81. The Morgan fingerprint density at radius 3 is 2.68 bits per heavy atom. The highest BCUT2D eigenvalue weighted by atomic mass is 16.5. The number of hydrogen-bond donors (Lipinski definition) is 1. The first-order valence-electron chi connectivity index (χ1n) is 7.29. The van der Waals surface area contributed by atoms with Crippen LogP contribution >= 0.6 is 0 Å². The molecule has 3 nitrogen and oxygen atoms in total. The summed E-state index contributed by atoms with van der Waals surface area (Å²) >= 11 is 0. The number of hydrogen-bond acceptors (Lipinski definition) is 3. The van der Waals surface area contributed by atoms with Crippen LogP contribution in [0.2, 0.25) is 0 Å². The standard InChI is InChI=1S/C16H28N2O/c1-5-8-14(6-2)17-15-9-7-10-16(13-15)19-12-11-18(3)4/h7,9-10,13-14,17H,5-6,8,11-12H2,1-4H3. The highest BCUT2D eigenvalue weighted by Crippen LogP contribution is 2.19. The molecule has 3 heteroatoms. The number of benzene rings is 1. The smallest absolute Gasteiger partial charge is 0.121 e. The molecule has 0 fully saturated rings. The summed E-state index contributed by atoms with van der Waals surface area (Å²) in [5.74, 6) is 0.943. The van der Waals surface area contributed by atoms with E-state index in [1.807, 2.05) is 12.1 Å². The zero-order valence-corrected chi connectivity index (χ0v) is 12.8. The van der Waals surface area contributed by atoms with Crippen LogP contribution in [0.3, 0.4) is 0 Å². The Kier molecular flexibility index (Phi) is 7.34. The largest absolute Gasteiger partial charge is 0.492 e. The van der Waals surface area contributed by atoms with E-state index in [1.165, 1.54) is 12.8 Å². The molecule has 0 radical (unpaired) electrons. The van der Waals surface area contributed by atoms with Crippen molar-refractivity contribution in [1.82, 2.24) is 4.90 Å². The van der Waals surface area contributed by atoms with Crippen molar-refractivity contribution in [2.24, 2.45) is 0 Å². The van der Waals surface area contributed by atoms with Crippen molar-refractivity contribution in [2.75, 3.05) is 32.6 Å². The van der Waals surface area contributed by atoms with Gasteiger partial charge in [0, 0.05) is 24.3 Å². The van der Waals surface area contributed by atoms with Gasteiger partial charge in [-0.2, -0.15) is 0 Å². The number of ether oxygens (including phenoxy) is 1. The maximum absolute atomic E-state index is 5.75. The molecule has 19 heavy (non-hydrogen) atoms. The van der Waals surface area contributed by atoms with E-state index >= 15 is 0 Å². The van der Waals surface area contributed by atoms with Crippen LogP contribution < -0.4 is 10.1 Å². The van der Waals surface area contributed by atoms with Crippen LogP contribution in [-0.4, -0.2) is 38.2 Å². The summed E-state index contributed by atoms with van der Waals surface area (Å²) in [6.07, 6.45) is 3.58. The minimum Gasteiger partial charge on any atom is -0.492 e. The number of anilines is 1. The summed E-state index contributed by atoms with van der Waals surface area (Å²) < 4.78 is 5.75. The van der Waals surface area contributed by atoms with Gasteiger partial charge < -0.3 is 15.0 Å². The summed E-state index contributed by atoms with van der Waals surface area (Å²) in [6, 6.07) is 8.82. The lowest BCUT2D eigenvalue weighted by Gasteiger charge is -2.18. The van der Waals surface area contributed by atoms with E-state index in [0.29, 0.717) is 6.04 Å². The highest BCUT2D eigenvalue weighted by molar-refractivity contribution is 5.48. The van der Waals surface area contributed by atoms with Crippen LogP contribution in [0, 0.1) is 0 Å². The third kappa shape index (κ3) is 6.48. The Balaban J connectivity index is 2.51. The van der Waals surface area contributed by atoms with Gasteiger partial charge in [-0.25, -0.2) is 0 Å². The van der Waals surface area contributed by atoms with Crippen molar-refractivity contribution in [3.8, 4) is 5.75 Å². The van der Waals surface area contributed by atoms with Crippen LogP contribution in [-0.2, 0) is 0 Å². The van der Waals surface area contributed by atoms with Gasteiger partial charge in [0.2, 0.25) is 0 Å².